The van der Waals surface area contributed by atoms with Crippen LogP contribution in [0.4, 0.5) is 5.69 Å². The van der Waals surface area contributed by atoms with Gasteiger partial charge in [0.05, 0.1) is 16.3 Å². The van der Waals surface area contributed by atoms with Gasteiger partial charge in [-0.25, -0.2) is 4.98 Å². The van der Waals surface area contributed by atoms with Gasteiger partial charge < -0.3 is 5.32 Å². The van der Waals surface area contributed by atoms with E-state index in [9.17, 15) is 4.79 Å². The second kappa shape index (κ2) is 8.73. The van der Waals surface area contributed by atoms with E-state index < -0.39 is 0 Å². The fourth-order valence-corrected chi connectivity index (χ4v) is 5.22. The van der Waals surface area contributed by atoms with Gasteiger partial charge in [-0.1, -0.05) is 30.3 Å². The monoisotopic (exact) mass is 422 g/mol. The number of carbonyl (C=O) groups is 1. The lowest BCUT2D eigenvalue weighted by Gasteiger charge is -2.10. The van der Waals surface area contributed by atoms with E-state index in [1.165, 1.54) is 4.88 Å². The number of anilines is 1. The summed E-state index contributed by atoms with van der Waals surface area (Å²) in [6, 6.07) is 19.7. The van der Waals surface area contributed by atoms with Crippen molar-refractivity contribution >= 4 is 46.0 Å². The number of thiophene rings is 1. The Hall–Kier alpha value is -2.41. The second-order valence-electron chi connectivity index (χ2n) is 6.15. The number of benzene rings is 2. The molecule has 2 heterocycles. The Morgan fingerprint density at radius 1 is 1.07 bits per heavy atom. The number of carbonyl (C=O) groups excluding carboxylic acids is 1. The highest BCUT2D eigenvalue weighted by Crippen LogP contribution is 2.29. The summed E-state index contributed by atoms with van der Waals surface area (Å²) in [6.07, 6.45) is 0. The summed E-state index contributed by atoms with van der Waals surface area (Å²) in [5, 5.41) is 8.17. The summed E-state index contributed by atoms with van der Waals surface area (Å²) in [5.41, 5.74) is 3.40. The number of thioether (sulfide) groups is 1. The first-order valence-electron chi connectivity index (χ1n) is 8.77. The van der Waals surface area contributed by atoms with Crippen LogP contribution in [-0.4, -0.2) is 10.9 Å². The van der Waals surface area contributed by atoms with E-state index in [0.29, 0.717) is 5.56 Å². The SMILES string of the molecule is Cc1nc(-c2cccc(NC(=O)c3ccccc3SCc3cccs3)c2)cs1. The topological polar surface area (TPSA) is 42.0 Å². The second-order valence-corrected chi connectivity index (χ2v) is 9.26. The number of hydrogen-bond donors (Lipinski definition) is 1. The van der Waals surface area contributed by atoms with Gasteiger partial charge in [0.25, 0.3) is 5.91 Å². The number of rotatable bonds is 6. The summed E-state index contributed by atoms with van der Waals surface area (Å²) < 4.78 is 0. The highest BCUT2D eigenvalue weighted by molar-refractivity contribution is 7.98. The van der Waals surface area contributed by atoms with Crippen LogP contribution in [0.2, 0.25) is 0 Å². The van der Waals surface area contributed by atoms with Crippen LogP contribution in [0.5, 0.6) is 0 Å². The minimum Gasteiger partial charge on any atom is -0.322 e. The van der Waals surface area contributed by atoms with Gasteiger partial charge in [-0.15, -0.1) is 34.4 Å². The van der Waals surface area contributed by atoms with Crippen molar-refractivity contribution in [1.29, 1.82) is 0 Å². The average molecular weight is 423 g/mol. The van der Waals surface area contributed by atoms with Crippen molar-refractivity contribution in [2.75, 3.05) is 5.32 Å². The number of aryl methyl sites for hydroxylation is 1. The molecule has 2 aromatic carbocycles. The molecule has 0 atom stereocenters. The van der Waals surface area contributed by atoms with E-state index in [0.717, 1.165) is 32.6 Å². The standard InChI is InChI=1S/C22H18N2OS3/c1-15-23-20(14-27-15)16-6-4-7-17(12-16)24-22(25)19-9-2-3-10-21(19)28-13-18-8-5-11-26-18/h2-12,14H,13H2,1H3,(H,24,25). The molecule has 0 bridgehead atoms. The van der Waals surface area contributed by atoms with Gasteiger partial charge >= 0.3 is 0 Å². The number of thiazole rings is 1. The molecule has 28 heavy (non-hydrogen) atoms. The van der Waals surface area contributed by atoms with E-state index >= 15 is 0 Å². The maximum atomic E-state index is 12.9. The van der Waals surface area contributed by atoms with Gasteiger partial charge in [-0.05, 0) is 42.6 Å². The Morgan fingerprint density at radius 3 is 2.75 bits per heavy atom. The van der Waals surface area contributed by atoms with Gasteiger partial charge in [0, 0.05) is 32.2 Å². The number of hydrogen-bond acceptors (Lipinski definition) is 5. The van der Waals surface area contributed by atoms with Crippen molar-refractivity contribution in [1.82, 2.24) is 4.98 Å². The van der Waals surface area contributed by atoms with Crippen LogP contribution in [0.25, 0.3) is 11.3 Å². The third-order valence-corrected chi connectivity index (χ3v) is 7.07. The first-order valence-corrected chi connectivity index (χ1v) is 11.5. The Kier molecular flexibility index (Phi) is 5.90. The molecule has 1 N–H and O–H groups in total. The first-order chi connectivity index (χ1) is 13.7. The van der Waals surface area contributed by atoms with E-state index in [2.05, 4.69) is 27.8 Å². The van der Waals surface area contributed by atoms with E-state index in [-0.39, 0.29) is 5.91 Å². The van der Waals surface area contributed by atoms with Crippen LogP contribution >= 0.6 is 34.4 Å². The summed E-state index contributed by atoms with van der Waals surface area (Å²) in [6.45, 7) is 1.99. The van der Waals surface area contributed by atoms with Gasteiger partial charge in [0.2, 0.25) is 0 Å². The molecule has 0 spiro atoms. The smallest absolute Gasteiger partial charge is 0.256 e. The Labute approximate surface area is 176 Å². The highest BCUT2D eigenvalue weighted by atomic mass is 32.2. The predicted octanol–water partition coefficient (Wildman–Crippen LogP) is 6.72. The van der Waals surface area contributed by atoms with Gasteiger partial charge in [-0.2, -0.15) is 0 Å². The minimum atomic E-state index is -0.0964. The molecule has 4 aromatic rings. The predicted molar refractivity (Wildman–Crippen MR) is 121 cm³/mol. The number of nitrogens with one attached hydrogen (secondary N) is 1. The number of amides is 1. The Balaban J connectivity index is 1.51. The highest BCUT2D eigenvalue weighted by Gasteiger charge is 2.13. The zero-order valence-electron chi connectivity index (χ0n) is 15.2. The molecule has 140 valence electrons. The Bertz CT molecular complexity index is 1090. The lowest BCUT2D eigenvalue weighted by molar-refractivity contribution is 0.102. The zero-order chi connectivity index (χ0) is 19.3. The molecule has 0 saturated carbocycles. The van der Waals surface area contributed by atoms with Gasteiger partial charge in [-0.3, -0.25) is 4.79 Å². The quantitative estimate of drug-likeness (QED) is 0.351. The third-order valence-electron chi connectivity index (χ3n) is 4.12. The molecular weight excluding hydrogens is 404 g/mol. The summed E-state index contributed by atoms with van der Waals surface area (Å²) in [5.74, 6) is 0.765. The van der Waals surface area contributed by atoms with Crippen LogP contribution in [-0.2, 0) is 5.75 Å². The van der Waals surface area contributed by atoms with Crippen molar-refractivity contribution < 1.29 is 4.79 Å². The molecule has 4 rings (SSSR count). The van der Waals surface area contributed by atoms with Crippen LogP contribution in [0.15, 0.2) is 76.3 Å². The van der Waals surface area contributed by atoms with Crippen LogP contribution in [0.1, 0.15) is 20.2 Å². The molecule has 0 radical (unpaired) electrons. The lowest BCUT2D eigenvalue weighted by atomic mass is 10.1. The fourth-order valence-electron chi connectivity index (χ4n) is 2.77. The molecule has 0 fully saturated rings. The van der Waals surface area contributed by atoms with Crippen molar-refractivity contribution in [3.05, 3.63) is 86.9 Å². The van der Waals surface area contributed by atoms with E-state index in [4.69, 9.17) is 0 Å². The van der Waals surface area contributed by atoms with Crippen molar-refractivity contribution in [3.8, 4) is 11.3 Å². The van der Waals surface area contributed by atoms with Crippen LogP contribution < -0.4 is 5.32 Å². The van der Waals surface area contributed by atoms with Crippen molar-refractivity contribution in [2.45, 2.75) is 17.6 Å². The van der Waals surface area contributed by atoms with Crippen molar-refractivity contribution in [2.24, 2.45) is 0 Å². The summed E-state index contributed by atoms with van der Waals surface area (Å²) >= 11 is 5.04. The molecule has 0 aliphatic rings. The van der Waals surface area contributed by atoms with E-state index in [1.54, 1.807) is 34.4 Å². The maximum absolute atomic E-state index is 12.9. The minimum absolute atomic E-state index is 0.0964. The van der Waals surface area contributed by atoms with E-state index in [1.807, 2.05) is 60.8 Å². The normalized spacial score (nSPS) is 10.8. The average Bonchev–Trinajstić information content (AvgIpc) is 3.38. The largest absolute Gasteiger partial charge is 0.322 e. The van der Waals surface area contributed by atoms with Crippen molar-refractivity contribution in [3.63, 3.8) is 0 Å². The number of aromatic nitrogens is 1. The van der Waals surface area contributed by atoms with Gasteiger partial charge in [0.1, 0.15) is 0 Å². The van der Waals surface area contributed by atoms with Gasteiger partial charge in [0.15, 0.2) is 0 Å². The third kappa shape index (κ3) is 4.52. The van der Waals surface area contributed by atoms with Crippen LogP contribution in [0.3, 0.4) is 0 Å². The molecule has 2 aromatic heterocycles. The molecule has 0 saturated heterocycles. The molecular formula is C22H18N2OS3. The molecule has 3 nitrogen and oxygen atoms in total. The number of nitrogens with zero attached hydrogens (tertiary/aromatic N) is 1. The fraction of sp³-hybridized carbons (Fsp3) is 0.0909. The lowest BCUT2D eigenvalue weighted by Crippen LogP contribution is -2.13. The molecule has 0 aliphatic carbocycles. The van der Waals surface area contributed by atoms with Crippen LogP contribution in [0, 0.1) is 6.92 Å². The molecule has 6 heteroatoms. The Morgan fingerprint density at radius 2 is 1.96 bits per heavy atom. The summed E-state index contributed by atoms with van der Waals surface area (Å²) in [7, 11) is 0. The molecule has 1 amide bonds. The molecule has 0 unspecified atom stereocenters. The first kappa shape index (κ1) is 18.9. The molecule has 0 aliphatic heterocycles. The zero-order valence-corrected chi connectivity index (χ0v) is 17.7. The maximum Gasteiger partial charge on any atom is 0.256 e. The summed E-state index contributed by atoms with van der Waals surface area (Å²) in [4.78, 5) is 19.7.